The first-order valence-corrected chi connectivity index (χ1v) is 7.88. The minimum atomic E-state index is 0.102. The molecule has 2 heterocycles. The zero-order chi connectivity index (χ0) is 15.6. The Labute approximate surface area is 124 Å². The van der Waals surface area contributed by atoms with E-state index in [1.54, 1.807) is 0 Å². The smallest absolute Gasteiger partial charge is 0.0778 e. The van der Waals surface area contributed by atoms with Gasteiger partial charge in [0.25, 0.3) is 0 Å². The highest BCUT2D eigenvalue weighted by molar-refractivity contribution is 5.23. The van der Waals surface area contributed by atoms with E-state index >= 15 is 0 Å². The van der Waals surface area contributed by atoms with E-state index in [9.17, 15) is 0 Å². The lowest BCUT2D eigenvalue weighted by Gasteiger charge is -2.22. The molecule has 0 amide bonds. The van der Waals surface area contributed by atoms with Crippen molar-refractivity contribution < 1.29 is 4.74 Å². The summed E-state index contributed by atoms with van der Waals surface area (Å²) in [5.74, 6) is 0. The minimum absolute atomic E-state index is 0.102. The van der Waals surface area contributed by atoms with Crippen LogP contribution in [-0.4, -0.2) is 23.0 Å². The SMILES string of the molecule is CC.CC(C)(C)c1cc(C(C)(C)C)n(C2CCOC2)n1. The largest absolute Gasteiger partial charge is 0.379 e. The topological polar surface area (TPSA) is 27.1 Å². The maximum atomic E-state index is 5.51. The van der Waals surface area contributed by atoms with Gasteiger partial charge in [0.15, 0.2) is 0 Å². The predicted octanol–water partition coefficient (Wildman–Crippen LogP) is 4.47. The van der Waals surface area contributed by atoms with Gasteiger partial charge in [0.05, 0.1) is 18.3 Å². The fourth-order valence-corrected chi connectivity index (χ4v) is 2.31. The fraction of sp³-hybridized carbons (Fsp3) is 0.824. The fourth-order valence-electron chi connectivity index (χ4n) is 2.31. The normalized spacial score (nSPS) is 19.7. The van der Waals surface area contributed by atoms with Crippen LogP contribution in [0.5, 0.6) is 0 Å². The van der Waals surface area contributed by atoms with Gasteiger partial charge in [-0.05, 0) is 12.5 Å². The Kier molecular flexibility index (Phi) is 5.42. The second-order valence-electron chi connectivity index (χ2n) is 7.38. The first-order valence-electron chi connectivity index (χ1n) is 7.88. The van der Waals surface area contributed by atoms with E-state index < -0.39 is 0 Å². The van der Waals surface area contributed by atoms with Crippen molar-refractivity contribution >= 4 is 0 Å². The van der Waals surface area contributed by atoms with Crippen molar-refractivity contribution in [3.05, 3.63) is 17.5 Å². The molecule has 0 aromatic carbocycles. The summed E-state index contributed by atoms with van der Waals surface area (Å²) in [4.78, 5) is 0. The zero-order valence-corrected chi connectivity index (χ0v) is 14.6. The number of hydrogen-bond acceptors (Lipinski definition) is 2. The Hall–Kier alpha value is -0.830. The van der Waals surface area contributed by atoms with E-state index in [-0.39, 0.29) is 10.8 Å². The van der Waals surface area contributed by atoms with Gasteiger partial charge >= 0.3 is 0 Å². The molecule has 0 spiro atoms. The van der Waals surface area contributed by atoms with Gasteiger partial charge in [0.2, 0.25) is 0 Å². The van der Waals surface area contributed by atoms with E-state index in [0.29, 0.717) is 6.04 Å². The van der Waals surface area contributed by atoms with Crippen LogP contribution in [0.25, 0.3) is 0 Å². The molecule has 3 nitrogen and oxygen atoms in total. The van der Waals surface area contributed by atoms with Crippen LogP contribution in [0.15, 0.2) is 6.07 Å². The number of aromatic nitrogens is 2. The third kappa shape index (κ3) is 3.85. The van der Waals surface area contributed by atoms with Crippen molar-refractivity contribution in [3.63, 3.8) is 0 Å². The molecule has 1 aromatic rings. The number of rotatable bonds is 1. The average Bonchev–Trinajstić information content (AvgIpc) is 2.98. The average molecular weight is 280 g/mol. The molecule has 0 radical (unpaired) electrons. The Morgan fingerprint density at radius 1 is 1.10 bits per heavy atom. The van der Waals surface area contributed by atoms with Gasteiger partial charge in [-0.25, -0.2) is 0 Å². The van der Waals surface area contributed by atoms with Crippen molar-refractivity contribution in [2.75, 3.05) is 13.2 Å². The van der Waals surface area contributed by atoms with Gasteiger partial charge in [-0.1, -0.05) is 55.4 Å². The second-order valence-corrected chi connectivity index (χ2v) is 7.38. The molecule has 2 rings (SSSR count). The summed E-state index contributed by atoms with van der Waals surface area (Å²) < 4.78 is 7.73. The molecular formula is C17H32N2O. The van der Waals surface area contributed by atoms with Gasteiger partial charge in [-0.3, -0.25) is 4.68 Å². The summed E-state index contributed by atoms with van der Waals surface area (Å²) in [6, 6.07) is 2.69. The van der Waals surface area contributed by atoms with Gasteiger partial charge in [-0.15, -0.1) is 0 Å². The molecule has 1 saturated heterocycles. The molecular weight excluding hydrogens is 248 g/mol. The Morgan fingerprint density at radius 2 is 1.70 bits per heavy atom. The van der Waals surface area contributed by atoms with E-state index in [4.69, 9.17) is 9.84 Å². The molecule has 1 fully saturated rings. The first-order chi connectivity index (χ1) is 9.19. The van der Waals surface area contributed by atoms with Crippen molar-refractivity contribution in [2.24, 2.45) is 0 Å². The third-order valence-corrected chi connectivity index (χ3v) is 3.52. The van der Waals surface area contributed by atoms with Crippen LogP contribution in [-0.2, 0) is 15.6 Å². The number of nitrogens with zero attached hydrogens (tertiary/aromatic N) is 2. The van der Waals surface area contributed by atoms with Crippen molar-refractivity contribution in [1.29, 1.82) is 0 Å². The lowest BCUT2D eigenvalue weighted by molar-refractivity contribution is 0.183. The highest BCUT2D eigenvalue weighted by Gasteiger charge is 2.30. The van der Waals surface area contributed by atoms with Gasteiger partial charge in [-0.2, -0.15) is 5.10 Å². The maximum absolute atomic E-state index is 5.51. The molecule has 0 aliphatic carbocycles. The van der Waals surface area contributed by atoms with Crippen LogP contribution in [0.1, 0.15) is 79.2 Å². The van der Waals surface area contributed by atoms with Crippen LogP contribution in [0.2, 0.25) is 0 Å². The summed E-state index contributed by atoms with van der Waals surface area (Å²) in [5.41, 5.74) is 2.73. The summed E-state index contributed by atoms with van der Waals surface area (Å²) in [6.45, 7) is 19.1. The molecule has 3 heteroatoms. The molecule has 116 valence electrons. The van der Waals surface area contributed by atoms with Crippen LogP contribution < -0.4 is 0 Å². The van der Waals surface area contributed by atoms with Crippen LogP contribution in [0.4, 0.5) is 0 Å². The van der Waals surface area contributed by atoms with Gasteiger partial charge < -0.3 is 4.74 Å². The van der Waals surface area contributed by atoms with E-state index in [2.05, 4.69) is 52.3 Å². The van der Waals surface area contributed by atoms with E-state index in [1.165, 1.54) is 11.4 Å². The van der Waals surface area contributed by atoms with Crippen LogP contribution >= 0.6 is 0 Å². The summed E-state index contributed by atoms with van der Waals surface area (Å²) >= 11 is 0. The molecule has 1 aliphatic heterocycles. The Bertz CT molecular complexity index is 415. The van der Waals surface area contributed by atoms with Crippen LogP contribution in [0.3, 0.4) is 0 Å². The highest BCUT2D eigenvalue weighted by Crippen LogP contribution is 2.32. The molecule has 1 unspecified atom stereocenters. The molecule has 0 saturated carbocycles. The summed E-state index contributed by atoms with van der Waals surface area (Å²) in [5, 5.41) is 4.87. The van der Waals surface area contributed by atoms with Crippen molar-refractivity contribution in [3.8, 4) is 0 Å². The predicted molar refractivity (Wildman–Crippen MR) is 85.4 cm³/mol. The maximum Gasteiger partial charge on any atom is 0.0778 e. The highest BCUT2D eigenvalue weighted by atomic mass is 16.5. The Balaban J connectivity index is 0.000000956. The van der Waals surface area contributed by atoms with Crippen molar-refractivity contribution in [2.45, 2.75) is 78.7 Å². The molecule has 1 atom stereocenters. The number of hydrogen-bond donors (Lipinski definition) is 0. The molecule has 1 aliphatic rings. The molecule has 0 N–H and O–H groups in total. The molecule has 0 bridgehead atoms. The van der Waals surface area contributed by atoms with Gasteiger partial charge in [0.1, 0.15) is 0 Å². The lowest BCUT2D eigenvalue weighted by atomic mass is 9.87. The lowest BCUT2D eigenvalue weighted by Crippen LogP contribution is -2.22. The number of ether oxygens (including phenoxy) is 1. The minimum Gasteiger partial charge on any atom is -0.379 e. The van der Waals surface area contributed by atoms with Gasteiger partial charge in [0, 0.05) is 23.1 Å². The zero-order valence-electron chi connectivity index (χ0n) is 14.6. The Morgan fingerprint density at radius 3 is 2.10 bits per heavy atom. The first kappa shape index (κ1) is 17.2. The molecule has 20 heavy (non-hydrogen) atoms. The second kappa shape index (κ2) is 6.30. The summed E-state index contributed by atoms with van der Waals surface area (Å²) in [6.07, 6.45) is 1.08. The molecule has 1 aromatic heterocycles. The van der Waals surface area contributed by atoms with Crippen molar-refractivity contribution in [1.82, 2.24) is 9.78 Å². The third-order valence-electron chi connectivity index (χ3n) is 3.52. The summed E-state index contributed by atoms with van der Waals surface area (Å²) in [7, 11) is 0. The van der Waals surface area contributed by atoms with E-state index in [1.807, 2.05) is 13.8 Å². The quantitative estimate of drug-likeness (QED) is 0.759. The standard InChI is InChI=1S/C15H26N2O.C2H6/c1-14(2,3)12-9-13(15(4,5)6)17(16-12)11-7-8-18-10-11;1-2/h9,11H,7-8,10H2,1-6H3;1-2H3. The van der Waals surface area contributed by atoms with Crippen LogP contribution in [0, 0.1) is 0 Å². The van der Waals surface area contributed by atoms with E-state index in [0.717, 1.165) is 19.6 Å². The monoisotopic (exact) mass is 280 g/mol.